The van der Waals surface area contributed by atoms with E-state index in [1.165, 1.54) is 17.2 Å². The van der Waals surface area contributed by atoms with Crippen molar-refractivity contribution in [3.05, 3.63) is 17.8 Å². The molecular formula is C8H12I3N4OV. The van der Waals surface area contributed by atoms with E-state index in [1.54, 1.807) is 14.1 Å². The molecule has 0 aliphatic rings. The quantitative estimate of drug-likeness (QED) is 0.479. The maximum atomic E-state index is 11.4. The molecule has 0 spiro atoms. The second-order valence-corrected chi connectivity index (χ2v) is 38.5. The second kappa shape index (κ2) is 8.99. The second-order valence-electron chi connectivity index (χ2n) is 3.09. The Morgan fingerprint density at radius 2 is 1.82 bits per heavy atom. The Morgan fingerprint density at radius 3 is 2.18 bits per heavy atom. The zero-order valence-electron chi connectivity index (χ0n) is 9.19. The molecule has 0 saturated heterocycles. The zero-order valence-corrected chi connectivity index (χ0v) is 17.1. The number of nitrogens with two attached hydrogens (primary N) is 2. The number of halogens is 3. The fourth-order valence-electron chi connectivity index (χ4n) is 0.868. The van der Waals surface area contributed by atoms with Gasteiger partial charge in [0, 0.05) is 20.3 Å². The molecule has 4 N–H and O–H groups in total. The average molecular weight is 612 g/mol. The van der Waals surface area contributed by atoms with Crippen molar-refractivity contribution in [2.24, 2.45) is 0 Å². The number of nitrogens with zero attached hydrogens (tertiary/aromatic N) is 2. The van der Waals surface area contributed by atoms with Gasteiger partial charge in [0.2, 0.25) is 0 Å². The summed E-state index contributed by atoms with van der Waals surface area (Å²) in [5.41, 5.74) is 11.7. The first kappa shape index (κ1) is 18.0. The minimum atomic E-state index is -0.278. The molecule has 1 aromatic heterocycles. The SMILES string of the molecule is CN(C)C(=O)c1cnc(N)c(N)c1.[I][V]([I])[I]. The van der Waals surface area contributed by atoms with Crippen molar-refractivity contribution in [3.63, 3.8) is 0 Å². The van der Waals surface area contributed by atoms with E-state index >= 15 is 0 Å². The summed E-state index contributed by atoms with van der Waals surface area (Å²) >= 11 is 7.39. The maximum absolute atomic E-state index is 11.4. The van der Waals surface area contributed by atoms with Gasteiger partial charge in [0.1, 0.15) is 5.82 Å². The summed E-state index contributed by atoms with van der Waals surface area (Å²) in [7, 11) is 3.32. The van der Waals surface area contributed by atoms with Crippen LogP contribution in [0.3, 0.4) is 0 Å². The van der Waals surface area contributed by atoms with Gasteiger partial charge in [-0.3, -0.25) is 4.79 Å². The zero-order chi connectivity index (χ0) is 13.6. The first-order valence-corrected chi connectivity index (χ1v) is 17.8. The van der Waals surface area contributed by atoms with Crippen LogP contribution in [0.15, 0.2) is 12.3 Å². The van der Waals surface area contributed by atoms with Crippen molar-refractivity contribution in [3.8, 4) is 0 Å². The van der Waals surface area contributed by atoms with E-state index in [-0.39, 0.29) is 16.6 Å². The number of rotatable bonds is 1. The van der Waals surface area contributed by atoms with E-state index in [4.69, 9.17) is 11.5 Å². The van der Waals surface area contributed by atoms with Crippen molar-refractivity contribution in [2.75, 3.05) is 25.6 Å². The van der Waals surface area contributed by atoms with E-state index in [1.807, 2.05) is 0 Å². The van der Waals surface area contributed by atoms with E-state index in [0.29, 0.717) is 11.3 Å². The van der Waals surface area contributed by atoms with Gasteiger partial charge in [-0.2, -0.15) is 0 Å². The van der Waals surface area contributed by atoms with E-state index in [2.05, 4.69) is 64.9 Å². The Kier molecular flexibility index (Phi) is 9.51. The summed E-state index contributed by atoms with van der Waals surface area (Å²) in [6.07, 6.45) is 1.41. The number of pyridine rings is 1. The molecule has 9 heteroatoms. The molecule has 1 heterocycles. The molecule has 5 nitrogen and oxygen atoms in total. The third-order valence-corrected chi connectivity index (χ3v) is 1.60. The molecule has 1 rings (SSSR count). The van der Waals surface area contributed by atoms with Crippen molar-refractivity contribution in [1.82, 2.24) is 9.88 Å². The molecule has 0 fully saturated rings. The van der Waals surface area contributed by atoms with Crippen LogP contribution in [0.4, 0.5) is 11.5 Å². The van der Waals surface area contributed by atoms with Crippen LogP contribution in [0.5, 0.6) is 0 Å². The molecule has 1 aromatic rings. The molecule has 17 heavy (non-hydrogen) atoms. The van der Waals surface area contributed by atoms with Gasteiger partial charge in [0.05, 0.1) is 11.3 Å². The topological polar surface area (TPSA) is 85.2 Å². The normalized spacial score (nSPS) is 9.53. The van der Waals surface area contributed by atoms with Crippen LogP contribution in [-0.4, -0.2) is 29.9 Å². The van der Waals surface area contributed by atoms with Crippen LogP contribution in [0.25, 0.3) is 0 Å². The number of nitrogen functional groups attached to an aromatic ring is 2. The van der Waals surface area contributed by atoms with E-state index in [9.17, 15) is 4.79 Å². The minimum absolute atomic E-state index is 0.140. The van der Waals surface area contributed by atoms with Crippen LogP contribution in [0.2, 0.25) is 0 Å². The van der Waals surface area contributed by atoms with Crippen molar-refractivity contribution in [2.45, 2.75) is 0 Å². The first-order valence-electron chi connectivity index (χ1n) is 4.25. The van der Waals surface area contributed by atoms with Gasteiger partial charge in [-0.25, -0.2) is 4.98 Å². The third kappa shape index (κ3) is 7.90. The molecule has 0 radical (unpaired) electrons. The molecule has 0 unspecified atom stereocenters. The van der Waals surface area contributed by atoms with Crippen molar-refractivity contribution < 1.29 is 9.72 Å². The molecule has 0 bridgehead atoms. The molecule has 0 aliphatic heterocycles. The molecule has 0 atom stereocenters. The number of hydrogen-bond donors (Lipinski definition) is 2. The Balaban J connectivity index is 0.000000557. The van der Waals surface area contributed by atoms with Crippen molar-refractivity contribution in [1.29, 1.82) is 0 Å². The van der Waals surface area contributed by atoms with Gasteiger partial charge in [-0.15, -0.1) is 0 Å². The fourth-order valence-corrected chi connectivity index (χ4v) is 0.868. The number of hydrogen-bond acceptors (Lipinski definition) is 4. The van der Waals surface area contributed by atoms with Gasteiger partial charge < -0.3 is 16.4 Å². The van der Waals surface area contributed by atoms with Crippen LogP contribution in [0, 0.1) is 0 Å². The van der Waals surface area contributed by atoms with E-state index in [0.717, 1.165) is 0 Å². The fraction of sp³-hybridized carbons (Fsp3) is 0.250. The summed E-state index contributed by atoms with van der Waals surface area (Å²) in [5, 5.41) is 0. The Bertz CT molecular complexity index is 386. The number of aromatic nitrogens is 1. The summed E-state index contributed by atoms with van der Waals surface area (Å²) in [6.45, 7) is 0. The number of amides is 1. The Morgan fingerprint density at radius 1 is 1.35 bits per heavy atom. The van der Waals surface area contributed by atoms with Crippen LogP contribution in [-0.2, 0) is 4.92 Å². The van der Waals surface area contributed by atoms with Gasteiger partial charge >= 0.3 is 64.9 Å². The molecular weight excluding hydrogens is 600 g/mol. The number of carbonyl (C=O) groups excluding carboxylic acids is 1. The molecule has 0 saturated carbocycles. The molecule has 0 aliphatic carbocycles. The van der Waals surface area contributed by atoms with Gasteiger partial charge in [-0.1, -0.05) is 0 Å². The Hall–Kier alpha value is 0.994. The summed E-state index contributed by atoms with van der Waals surface area (Å²) < 4.78 is 0. The molecule has 96 valence electrons. The summed E-state index contributed by atoms with van der Waals surface area (Å²) in [6, 6.07) is 1.52. The predicted molar refractivity (Wildman–Crippen MR) is 93.1 cm³/mol. The van der Waals surface area contributed by atoms with Gasteiger partial charge in [0.25, 0.3) is 5.91 Å². The number of carbonyl (C=O) groups is 1. The van der Waals surface area contributed by atoms with Crippen LogP contribution >= 0.6 is 59.9 Å². The third-order valence-electron chi connectivity index (χ3n) is 1.60. The molecule has 1 amide bonds. The monoisotopic (exact) mass is 612 g/mol. The van der Waals surface area contributed by atoms with Gasteiger partial charge in [-0.05, 0) is 6.07 Å². The van der Waals surface area contributed by atoms with E-state index < -0.39 is 0 Å². The molecule has 0 aromatic carbocycles. The summed E-state index contributed by atoms with van der Waals surface area (Å²) in [5.74, 6) is 0.106. The predicted octanol–water partition coefficient (Wildman–Crippen LogP) is 2.60. The standard InChI is InChI=1S/C8H12N4O.3HI.V/c1-12(2)8(13)5-3-6(9)7(10)11-4-5;;;;/h3-4H,9H2,1-2H3,(H2,10,11);3*1H;/q;;;;+3/p-3. The summed E-state index contributed by atoms with van der Waals surface area (Å²) in [4.78, 5) is 16.4. The van der Waals surface area contributed by atoms with Gasteiger partial charge in [0.15, 0.2) is 0 Å². The van der Waals surface area contributed by atoms with Crippen molar-refractivity contribution >= 4 is 77.3 Å². The average Bonchev–Trinajstić information content (AvgIpc) is 2.20. The number of anilines is 2. The van der Waals surface area contributed by atoms with Crippen LogP contribution in [0.1, 0.15) is 10.4 Å². The Labute approximate surface area is 138 Å². The first-order chi connectivity index (χ1) is 7.75. The van der Waals surface area contributed by atoms with Crippen LogP contribution < -0.4 is 11.5 Å².